The van der Waals surface area contributed by atoms with Gasteiger partial charge in [-0.2, -0.15) is 0 Å². The highest BCUT2D eigenvalue weighted by molar-refractivity contribution is 5.67. The lowest BCUT2D eigenvalue weighted by Gasteiger charge is -2.04. The number of benzene rings is 2. The van der Waals surface area contributed by atoms with E-state index in [-0.39, 0.29) is 0 Å². The maximum Gasteiger partial charge on any atom is 0.0337 e. The van der Waals surface area contributed by atoms with Gasteiger partial charge in [0.1, 0.15) is 0 Å². The molecule has 2 rings (SSSR count). The predicted molar refractivity (Wildman–Crippen MR) is 98.6 cm³/mol. The third-order valence-electron chi connectivity index (χ3n) is 2.42. The van der Waals surface area contributed by atoms with Crippen LogP contribution in [0, 0.1) is 0 Å². The lowest BCUT2D eigenvalue weighted by Crippen LogP contribution is -1.87. The van der Waals surface area contributed by atoms with Gasteiger partial charge in [0.2, 0.25) is 0 Å². The van der Waals surface area contributed by atoms with Gasteiger partial charge in [-0.25, -0.2) is 0 Å². The van der Waals surface area contributed by atoms with Gasteiger partial charge in [-0.1, -0.05) is 52.0 Å². The van der Waals surface area contributed by atoms with Gasteiger partial charge >= 0.3 is 0 Å². The smallest absolute Gasteiger partial charge is 0.0337 e. The Morgan fingerprint density at radius 3 is 1.33 bits per heavy atom. The van der Waals surface area contributed by atoms with Crippen LogP contribution >= 0.6 is 0 Å². The first-order valence-corrected chi connectivity index (χ1v) is 7.51. The highest BCUT2D eigenvalue weighted by Crippen LogP contribution is 2.22. The summed E-state index contributed by atoms with van der Waals surface area (Å²) in [6.07, 6.45) is 0. The van der Waals surface area contributed by atoms with E-state index in [1.165, 1.54) is 18.2 Å². The van der Waals surface area contributed by atoms with Crippen LogP contribution in [0.3, 0.4) is 0 Å². The second-order valence-electron chi connectivity index (χ2n) is 3.45. The van der Waals surface area contributed by atoms with Crippen molar-refractivity contribution in [3.63, 3.8) is 0 Å². The monoisotopic (exact) mass is 289 g/mol. The molecule has 0 unspecified atom stereocenters. The predicted octanol–water partition coefficient (Wildman–Crippen LogP) is 4.60. The molecule has 3 heteroatoms. The van der Waals surface area contributed by atoms with E-state index in [1.54, 1.807) is 0 Å². The number of hydrogen-bond acceptors (Lipinski definition) is 3. The summed E-state index contributed by atoms with van der Waals surface area (Å²) in [5.41, 5.74) is 14.4. The molecule has 0 atom stereocenters. The molecule has 0 aliphatic rings. The van der Waals surface area contributed by atoms with Crippen molar-refractivity contribution in [3.05, 3.63) is 48.5 Å². The van der Waals surface area contributed by atoms with Crippen LogP contribution < -0.4 is 16.8 Å². The van der Waals surface area contributed by atoms with Crippen LogP contribution in [0.4, 0.5) is 11.4 Å². The Morgan fingerprint density at radius 1 is 0.667 bits per heavy atom. The van der Waals surface area contributed by atoms with E-state index in [0.29, 0.717) is 0 Å². The van der Waals surface area contributed by atoms with Crippen LogP contribution in [-0.2, 0) is 0 Å². The summed E-state index contributed by atoms with van der Waals surface area (Å²) in [5, 5.41) is 3.09. The van der Waals surface area contributed by atoms with Gasteiger partial charge in [-0.05, 0) is 42.4 Å². The van der Waals surface area contributed by atoms with E-state index >= 15 is 0 Å². The molecule has 0 aliphatic carbocycles. The number of nitrogen functional groups attached to an aromatic ring is 1. The minimum absolute atomic E-state index is 0.797. The molecule has 0 aromatic heterocycles. The summed E-state index contributed by atoms with van der Waals surface area (Å²) in [7, 11) is 3.41. The molecule has 0 bridgehead atoms. The van der Waals surface area contributed by atoms with Gasteiger partial charge in [0.25, 0.3) is 0 Å². The number of hydrogen-bond donors (Lipinski definition) is 3. The van der Waals surface area contributed by atoms with Crippen LogP contribution in [-0.4, -0.2) is 14.1 Å². The van der Waals surface area contributed by atoms with Gasteiger partial charge in [0.05, 0.1) is 0 Å². The zero-order valence-corrected chi connectivity index (χ0v) is 14.3. The molecule has 5 N–H and O–H groups in total. The number of nitrogens with one attached hydrogen (secondary N) is 1. The van der Waals surface area contributed by atoms with Crippen LogP contribution in [0.15, 0.2) is 48.5 Å². The fourth-order valence-electron chi connectivity index (χ4n) is 1.50. The molecular formula is C18H31N3. The highest BCUT2D eigenvalue weighted by Gasteiger charge is 1.96. The third kappa shape index (κ3) is 8.00. The molecule has 0 spiro atoms. The molecule has 2 aromatic rings. The SMILES string of the molecule is CC.CC.CN.CNc1ccc(-c2ccc(N)cc2)cc1. The number of nitrogens with two attached hydrogens (primary N) is 2. The van der Waals surface area contributed by atoms with E-state index in [0.717, 1.165) is 11.4 Å². The first-order valence-electron chi connectivity index (χ1n) is 7.51. The third-order valence-corrected chi connectivity index (χ3v) is 2.42. The Balaban J connectivity index is 0. The van der Waals surface area contributed by atoms with Crippen molar-refractivity contribution >= 4 is 11.4 Å². The fraction of sp³-hybridized carbons (Fsp3) is 0.333. The van der Waals surface area contributed by atoms with E-state index in [9.17, 15) is 0 Å². The molecule has 21 heavy (non-hydrogen) atoms. The zero-order valence-electron chi connectivity index (χ0n) is 14.3. The van der Waals surface area contributed by atoms with Crippen molar-refractivity contribution in [1.82, 2.24) is 0 Å². The molecule has 0 fully saturated rings. The van der Waals surface area contributed by atoms with Crippen LogP contribution in [0.1, 0.15) is 27.7 Å². The van der Waals surface area contributed by atoms with Crippen molar-refractivity contribution in [2.45, 2.75) is 27.7 Å². The molecular weight excluding hydrogens is 258 g/mol. The maximum atomic E-state index is 5.64. The van der Waals surface area contributed by atoms with Crippen LogP contribution in [0.2, 0.25) is 0 Å². The number of anilines is 2. The molecule has 0 heterocycles. The van der Waals surface area contributed by atoms with E-state index in [1.807, 2.05) is 59.0 Å². The standard InChI is InChI=1S/C13H14N2.2C2H6.CH5N/c1-15-13-8-4-11(5-9-13)10-2-6-12(14)7-3-10;3*1-2/h2-9,15H,14H2,1H3;2*1-2H3;2H2,1H3. The Bertz CT molecular complexity index is 433. The molecule has 0 amide bonds. The van der Waals surface area contributed by atoms with Gasteiger partial charge in [0.15, 0.2) is 0 Å². The van der Waals surface area contributed by atoms with Crippen LogP contribution in [0.25, 0.3) is 11.1 Å². The van der Waals surface area contributed by atoms with Gasteiger partial charge < -0.3 is 16.8 Å². The molecule has 118 valence electrons. The lowest BCUT2D eigenvalue weighted by molar-refractivity contribution is 1.48. The molecule has 0 aliphatic heterocycles. The van der Waals surface area contributed by atoms with Crippen molar-refractivity contribution in [1.29, 1.82) is 0 Å². The minimum Gasteiger partial charge on any atom is -0.399 e. The van der Waals surface area contributed by atoms with Crippen molar-refractivity contribution in [2.75, 3.05) is 25.1 Å². The number of rotatable bonds is 2. The second kappa shape index (κ2) is 14.4. The van der Waals surface area contributed by atoms with E-state index in [4.69, 9.17) is 5.73 Å². The first kappa shape index (κ1) is 21.3. The van der Waals surface area contributed by atoms with Gasteiger partial charge in [0, 0.05) is 18.4 Å². The van der Waals surface area contributed by atoms with Crippen LogP contribution in [0.5, 0.6) is 0 Å². The lowest BCUT2D eigenvalue weighted by atomic mass is 10.1. The zero-order chi connectivity index (χ0) is 16.7. The van der Waals surface area contributed by atoms with Gasteiger partial charge in [-0.15, -0.1) is 0 Å². The molecule has 3 nitrogen and oxygen atoms in total. The normalized spacial score (nSPS) is 7.95. The Kier molecular flexibility index (Phi) is 14.6. The molecule has 0 radical (unpaired) electrons. The summed E-state index contributed by atoms with van der Waals surface area (Å²) in [5.74, 6) is 0. The fourth-order valence-corrected chi connectivity index (χ4v) is 1.50. The average molecular weight is 289 g/mol. The molecule has 0 saturated heterocycles. The quantitative estimate of drug-likeness (QED) is 0.708. The van der Waals surface area contributed by atoms with Gasteiger partial charge in [-0.3, -0.25) is 0 Å². The summed E-state index contributed by atoms with van der Waals surface area (Å²) in [6.45, 7) is 8.00. The second-order valence-corrected chi connectivity index (χ2v) is 3.45. The van der Waals surface area contributed by atoms with E-state index in [2.05, 4.69) is 35.3 Å². The maximum absolute atomic E-state index is 5.64. The minimum atomic E-state index is 0.797. The summed E-state index contributed by atoms with van der Waals surface area (Å²) >= 11 is 0. The van der Waals surface area contributed by atoms with Crippen molar-refractivity contribution in [2.24, 2.45) is 5.73 Å². The molecule has 0 saturated carbocycles. The Labute approximate surface area is 130 Å². The Morgan fingerprint density at radius 2 is 1.00 bits per heavy atom. The summed E-state index contributed by atoms with van der Waals surface area (Å²) < 4.78 is 0. The topological polar surface area (TPSA) is 64.1 Å². The van der Waals surface area contributed by atoms with Crippen molar-refractivity contribution < 1.29 is 0 Å². The Hall–Kier alpha value is -2.00. The summed E-state index contributed by atoms with van der Waals surface area (Å²) in [4.78, 5) is 0. The summed E-state index contributed by atoms with van der Waals surface area (Å²) in [6, 6.07) is 16.2. The first-order chi connectivity index (χ1) is 10.3. The highest BCUT2D eigenvalue weighted by atomic mass is 14.8. The molecule has 2 aromatic carbocycles. The average Bonchev–Trinajstić information content (AvgIpc) is 2.61. The largest absolute Gasteiger partial charge is 0.399 e. The van der Waals surface area contributed by atoms with Crippen molar-refractivity contribution in [3.8, 4) is 11.1 Å². The van der Waals surface area contributed by atoms with E-state index < -0.39 is 0 Å².